The van der Waals surface area contributed by atoms with E-state index < -0.39 is 21.0 Å². The molecule has 1 N–H and O–H groups in total. The van der Waals surface area contributed by atoms with E-state index in [0.717, 1.165) is 0 Å². The monoisotopic (exact) mass is 300 g/mol. The lowest BCUT2D eigenvalue weighted by atomic mass is 10.2. The van der Waals surface area contributed by atoms with Crippen LogP contribution in [0.3, 0.4) is 0 Å². The molecule has 1 aliphatic rings. The second-order valence-electron chi connectivity index (χ2n) is 4.80. The van der Waals surface area contributed by atoms with Crippen LogP contribution in [-0.4, -0.2) is 41.9 Å². The van der Waals surface area contributed by atoms with Crippen molar-refractivity contribution < 1.29 is 18.4 Å². The zero-order chi connectivity index (χ0) is 14.9. The van der Waals surface area contributed by atoms with Gasteiger partial charge < -0.3 is 5.11 Å². The van der Waals surface area contributed by atoms with Crippen LogP contribution >= 0.6 is 0 Å². The molecule has 20 heavy (non-hydrogen) atoms. The standard InChI is InChI=1S/C12H16N2O5S/c1-9-7-10(14(16)17)4-5-12(9)20(18,19)13-6-2-3-11(13)8-15/h4-5,7,11,15H,2-3,6,8H2,1H3/t11-/m0/s1. The molecule has 1 aromatic rings. The molecule has 0 radical (unpaired) electrons. The van der Waals surface area contributed by atoms with Crippen LogP contribution in [0.25, 0.3) is 0 Å². The van der Waals surface area contributed by atoms with Gasteiger partial charge in [0.25, 0.3) is 5.69 Å². The zero-order valence-corrected chi connectivity index (χ0v) is 11.8. The summed E-state index contributed by atoms with van der Waals surface area (Å²) in [6.07, 6.45) is 1.33. The van der Waals surface area contributed by atoms with Gasteiger partial charge in [-0.1, -0.05) is 0 Å². The Kier molecular flexibility index (Phi) is 4.07. The van der Waals surface area contributed by atoms with Crippen molar-refractivity contribution >= 4 is 15.7 Å². The Morgan fingerprint density at radius 3 is 2.75 bits per heavy atom. The number of rotatable bonds is 4. The first-order valence-electron chi connectivity index (χ1n) is 6.25. The fourth-order valence-electron chi connectivity index (χ4n) is 2.47. The lowest BCUT2D eigenvalue weighted by Gasteiger charge is -2.23. The average molecular weight is 300 g/mol. The predicted molar refractivity (Wildman–Crippen MR) is 71.8 cm³/mol. The molecule has 0 aromatic heterocycles. The molecule has 8 heteroatoms. The molecule has 0 saturated carbocycles. The second-order valence-corrected chi connectivity index (χ2v) is 6.66. The largest absolute Gasteiger partial charge is 0.395 e. The Morgan fingerprint density at radius 2 is 2.20 bits per heavy atom. The molecule has 0 spiro atoms. The van der Waals surface area contributed by atoms with Crippen LogP contribution < -0.4 is 0 Å². The highest BCUT2D eigenvalue weighted by atomic mass is 32.2. The highest BCUT2D eigenvalue weighted by molar-refractivity contribution is 7.89. The maximum atomic E-state index is 12.6. The van der Waals surface area contributed by atoms with E-state index in [2.05, 4.69) is 0 Å². The maximum Gasteiger partial charge on any atom is 0.269 e. The van der Waals surface area contributed by atoms with Gasteiger partial charge in [0.05, 0.1) is 16.4 Å². The number of nitro groups is 1. The van der Waals surface area contributed by atoms with Crippen LogP contribution in [0.4, 0.5) is 5.69 Å². The molecular weight excluding hydrogens is 284 g/mol. The van der Waals surface area contributed by atoms with Crippen molar-refractivity contribution in [1.29, 1.82) is 0 Å². The lowest BCUT2D eigenvalue weighted by molar-refractivity contribution is -0.385. The van der Waals surface area contributed by atoms with E-state index in [4.69, 9.17) is 0 Å². The molecule has 7 nitrogen and oxygen atoms in total. The molecule has 1 aliphatic heterocycles. The third-order valence-corrected chi connectivity index (χ3v) is 5.60. The summed E-state index contributed by atoms with van der Waals surface area (Å²) in [4.78, 5) is 10.2. The van der Waals surface area contributed by atoms with Crippen LogP contribution in [0.5, 0.6) is 0 Å². The molecule has 1 fully saturated rings. The number of hydrogen-bond acceptors (Lipinski definition) is 5. The fraction of sp³-hybridized carbons (Fsp3) is 0.500. The average Bonchev–Trinajstić information content (AvgIpc) is 2.87. The molecular formula is C12H16N2O5S. The number of nitro benzene ring substituents is 1. The molecule has 0 amide bonds. The van der Waals surface area contributed by atoms with Crippen LogP contribution in [0.2, 0.25) is 0 Å². The number of nitrogens with zero attached hydrogens (tertiary/aromatic N) is 2. The first-order chi connectivity index (χ1) is 9.37. The van der Waals surface area contributed by atoms with Crippen molar-refractivity contribution in [3.8, 4) is 0 Å². The van der Waals surface area contributed by atoms with Crippen LogP contribution in [0, 0.1) is 17.0 Å². The molecule has 110 valence electrons. The van der Waals surface area contributed by atoms with Crippen molar-refractivity contribution in [2.24, 2.45) is 0 Å². The van der Waals surface area contributed by atoms with Gasteiger partial charge in [-0.25, -0.2) is 8.42 Å². The van der Waals surface area contributed by atoms with Gasteiger partial charge in [0, 0.05) is 24.7 Å². The highest BCUT2D eigenvalue weighted by Gasteiger charge is 2.35. The first kappa shape index (κ1) is 14.9. The normalized spacial score (nSPS) is 20.2. The quantitative estimate of drug-likeness (QED) is 0.661. The molecule has 0 aliphatic carbocycles. The number of sulfonamides is 1. The summed E-state index contributed by atoms with van der Waals surface area (Å²) < 4.78 is 26.4. The van der Waals surface area contributed by atoms with E-state index in [9.17, 15) is 23.6 Å². The molecule has 1 aromatic carbocycles. The molecule has 0 bridgehead atoms. The predicted octanol–water partition coefficient (Wildman–Crippen LogP) is 1.05. The van der Waals surface area contributed by atoms with Gasteiger partial charge in [-0.3, -0.25) is 10.1 Å². The Morgan fingerprint density at radius 1 is 1.50 bits per heavy atom. The smallest absolute Gasteiger partial charge is 0.269 e. The van der Waals surface area contributed by atoms with Gasteiger partial charge in [-0.15, -0.1) is 0 Å². The number of aryl methyl sites for hydroxylation is 1. The number of aliphatic hydroxyl groups excluding tert-OH is 1. The third-order valence-electron chi connectivity index (χ3n) is 3.49. The van der Waals surface area contributed by atoms with Crippen LogP contribution in [-0.2, 0) is 10.0 Å². The topological polar surface area (TPSA) is 101 Å². The van der Waals surface area contributed by atoms with Crippen molar-refractivity contribution in [2.45, 2.75) is 30.7 Å². The summed E-state index contributed by atoms with van der Waals surface area (Å²) in [5, 5.41) is 19.9. The van der Waals surface area contributed by atoms with Crippen molar-refractivity contribution in [2.75, 3.05) is 13.2 Å². The summed E-state index contributed by atoms with van der Waals surface area (Å²) in [6.45, 7) is 1.68. The summed E-state index contributed by atoms with van der Waals surface area (Å²) in [6, 6.07) is 3.28. The number of non-ortho nitro benzene ring substituents is 1. The Labute approximate surface area is 117 Å². The Hall–Kier alpha value is -1.51. The minimum atomic E-state index is -3.72. The van der Waals surface area contributed by atoms with Crippen molar-refractivity contribution in [3.63, 3.8) is 0 Å². The van der Waals surface area contributed by atoms with Gasteiger partial charge in [0.1, 0.15) is 0 Å². The van der Waals surface area contributed by atoms with E-state index in [0.29, 0.717) is 24.9 Å². The van der Waals surface area contributed by atoms with Gasteiger partial charge in [0.2, 0.25) is 10.0 Å². The number of benzene rings is 1. The summed E-state index contributed by atoms with van der Waals surface area (Å²) >= 11 is 0. The molecule has 1 saturated heterocycles. The van der Waals surface area contributed by atoms with Crippen molar-refractivity contribution in [1.82, 2.24) is 4.31 Å². The van der Waals surface area contributed by atoms with Crippen LogP contribution in [0.1, 0.15) is 18.4 Å². The summed E-state index contributed by atoms with van der Waals surface area (Å²) in [5.41, 5.74) is 0.198. The molecule has 1 heterocycles. The van der Waals surface area contributed by atoms with E-state index in [-0.39, 0.29) is 17.2 Å². The summed E-state index contributed by atoms with van der Waals surface area (Å²) in [7, 11) is -3.72. The lowest BCUT2D eigenvalue weighted by Crippen LogP contribution is -2.37. The van der Waals surface area contributed by atoms with Crippen molar-refractivity contribution in [3.05, 3.63) is 33.9 Å². The fourth-order valence-corrected chi connectivity index (χ4v) is 4.36. The number of hydrogen-bond donors (Lipinski definition) is 1. The SMILES string of the molecule is Cc1cc([N+](=O)[O-])ccc1S(=O)(=O)N1CCC[C@H]1CO. The first-order valence-corrected chi connectivity index (χ1v) is 7.69. The van der Waals surface area contributed by atoms with Gasteiger partial charge in [0.15, 0.2) is 0 Å². The van der Waals surface area contributed by atoms with E-state index in [1.54, 1.807) is 0 Å². The summed E-state index contributed by atoms with van der Waals surface area (Å²) in [5.74, 6) is 0. The Balaban J connectivity index is 2.42. The number of aliphatic hydroxyl groups is 1. The highest BCUT2D eigenvalue weighted by Crippen LogP contribution is 2.29. The molecule has 0 unspecified atom stereocenters. The second kappa shape index (κ2) is 5.47. The van der Waals surface area contributed by atoms with E-state index in [1.807, 2.05) is 0 Å². The Bertz CT molecular complexity index is 629. The van der Waals surface area contributed by atoms with E-state index in [1.165, 1.54) is 29.4 Å². The maximum absolute atomic E-state index is 12.6. The zero-order valence-electron chi connectivity index (χ0n) is 11.0. The molecule has 1 atom stereocenters. The minimum Gasteiger partial charge on any atom is -0.395 e. The van der Waals surface area contributed by atoms with Gasteiger partial charge in [-0.05, 0) is 31.4 Å². The minimum absolute atomic E-state index is 0.0587. The van der Waals surface area contributed by atoms with Gasteiger partial charge >= 0.3 is 0 Å². The van der Waals surface area contributed by atoms with Gasteiger partial charge in [-0.2, -0.15) is 4.31 Å². The third kappa shape index (κ3) is 2.54. The van der Waals surface area contributed by atoms with E-state index >= 15 is 0 Å². The molecule has 2 rings (SSSR count). The van der Waals surface area contributed by atoms with Crippen LogP contribution in [0.15, 0.2) is 23.1 Å².